The minimum atomic E-state index is 0. The first-order valence-electron chi connectivity index (χ1n) is 0. The van der Waals surface area contributed by atoms with Gasteiger partial charge in [-0.05, 0) is 0 Å². The highest BCUT2D eigenvalue weighted by Gasteiger charge is 0.317. The van der Waals surface area contributed by atoms with E-state index in [2.05, 4.69) is 0 Å². The molecule has 0 atom stereocenters. The van der Waals surface area contributed by atoms with Crippen LogP contribution in [0.3, 0.4) is 0 Å². The maximum absolute atomic E-state index is 0. The molecule has 3 heteroatoms. The van der Waals surface area contributed by atoms with Crippen molar-refractivity contribution >= 4 is 58.5 Å². The highest BCUT2D eigenvalue weighted by atomic mass is 35.5. The van der Waals surface area contributed by atoms with Crippen molar-refractivity contribution in [2.24, 2.45) is 0 Å². The molecule has 0 saturated heterocycles. The molecule has 0 spiro atoms. The van der Waals surface area contributed by atoms with Crippen molar-refractivity contribution in [2.75, 3.05) is 0 Å². The van der Waals surface area contributed by atoms with Crippen LogP contribution in [-0.4, -0.2) is 46.1 Å². The van der Waals surface area contributed by atoms with Gasteiger partial charge in [-0.1, -0.05) is 44.6 Å². The van der Waals surface area contributed by atoms with Gasteiger partial charge in [0, 0.05) is 0 Å². The highest BCUT2D eigenvalue weighted by Crippen LogP contribution is 0.690. The van der Waals surface area contributed by atoms with Crippen molar-refractivity contribution in [3.63, 3.8) is 0 Å². The number of hydrogen-bond donors (Lipinski definition) is 0. The Labute approximate surface area is 102 Å². The third-order valence-electron chi connectivity index (χ3n) is 0. The first-order valence-corrected chi connectivity index (χ1v) is 0. The Morgan fingerprint density at radius 2 is 0.333 bits per heavy atom. The Hall–Kier alpha value is 1.82. The predicted molar refractivity (Wildman–Crippen MR) is 64.7 cm³/mol. The molecule has 0 nitrogen and oxygen atoms in total. The lowest BCUT2D eigenvalue weighted by Crippen LogP contribution is -0.382. The molecular weight excluding hydrogens is 156 g/mol. The Balaban J connectivity index is 0. The summed E-state index contributed by atoms with van der Waals surface area (Å²) >= 11 is 0. The minimum absolute atomic E-state index is 0. The molecule has 0 aromatic heterocycles. The van der Waals surface area contributed by atoms with Crippen LogP contribution < -0.4 is 0 Å². The van der Waals surface area contributed by atoms with Gasteiger partial charge in [0.15, 0.2) is 0 Å². The minimum Gasteiger partial charge on any atom is -0.147 e. The van der Waals surface area contributed by atoms with E-state index in [1.165, 1.54) is 0 Å². The van der Waals surface area contributed by atoms with E-state index >= 15 is 0 Å². The van der Waals surface area contributed by atoms with Crippen molar-refractivity contribution in [2.45, 2.75) is 44.6 Å². The van der Waals surface area contributed by atoms with Crippen LogP contribution in [0.4, 0.5) is 0 Å². The second-order valence-electron chi connectivity index (χ2n) is 0. The number of hydrogen-bond acceptors (Lipinski definition) is 0. The van der Waals surface area contributed by atoms with Gasteiger partial charge in [-0.25, -0.2) is 0 Å². The van der Waals surface area contributed by atoms with Gasteiger partial charge in [0.25, 0.3) is 0 Å². The zero-order valence-electron chi connectivity index (χ0n) is 0.408. The summed E-state index contributed by atoms with van der Waals surface area (Å²) in [6.45, 7) is 0. The van der Waals surface area contributed by atoms with E-state index in [1.54, 1.807) is 0 Å². The van der Waals surface area contributed by atoms with Crippen LogP contribution in [0, 0.1) is 0 Å². The molecule has 0 unspecified atom stereocenters. The second-order valence-corrected chi connectivity index (χ2v) is 0. The van der Waals surface area contributed by atoms with Crippen LogP contribution in [0.25, 0.3) is 0 Å². The molecule has 0 amide bonds. The van der Waals surface area contributed by atoms with E-state index in [4.69, 9.17) is 0 Å². The van der Waals surface area contributed by atoms with E-state index in [9.17, 15) is 0 Å². The summed E-state index contributed by atoms with van der Waals surface area (Å²) in [6, 6.07) is 0. The zero-order chi connectivity index (χ0) is 0. The van der Waals surface area contributed by atoms with Crippen molar-refractivity contribution in [3.8, 4) is 0 Å². The standard InChI is InChI=1S/6CH4.ClH.2Mg.4H/h6*1H4;1H;;;;;;. The average Bonchev–Trinajstić information content (AvgIpc) is 0. The second kappa shape index (κ2) is 230. The van der Waals surface area contributed by atoms with Gasteiger partial charge >= 0.3 is 46.1 Å². The van der Waals surface area contributed by atoms with Gasteiger partial charge in [-0.15, -0.1) is 12.4 Å². The van der Waals surface area contributed by atoms with Crippen molar-refractivity contribution in [3.05, 3.63) is 0 Å². The molecule has 0 aliphatic rings. The lowest BCUT2D eigenvalue weighted by Gasteiger charge is -0.147. The predicted octanol–water partition coefficient (Wildman–Crippen LogP) is 2.41. The van der Waals surface area contributed by atoms with Crippen LogP contribution in [0.2, 0.25) is 0 Å². The maximum Gasteiger partial charge on any atom is 0.316 e. The molecule has 0 rings (SSSR count). The van der Waals surface area contributed by atoms with E-state index in [-0.39, 0.29) is 103 Å². The zero-order valence-corrected chi connectivity index (χ0v) is 1.22. The van der Waals surface area contributed by atoms with E-state index < -0.39 is 0 Å². The molecule has 0 saturated carbocycles. The smallest absolute Gasteiger partial charge is 0.147 e. The topological polar surface area (TPSA) is 0 Å². The molecule has 0 aromatic rings. The lowest BCUT2D eigenvalue weighted by atomic mass is 12.0. The molecule has 0 radical (unpaired) electrons. The quantitative estimate of drug-likeness (QED) is 0.508. The summed E-state index contributed by atoms with van der Waals surface area (Å²) in [5.74, 6) is 0. The molecule has 0 N–H and O–H groups in total. The monoisotopic (exact) mass is 184 g/mol. The molecule has 0 fully saturated rings. The van der Waals surface area contributed by atoms with Gasteiger partial charge in [-0.2, -0.15) is 0 Å². The maximum atomic E-state index is 0. The normalized spacial score (nSPS) is 0. The fourth-order valence-electron chi connectivity index (χ4n) is 0. The summed E-state index contributed by atoms with van der Waals surface area (Å²) in [5, 5.41) is 0. The summed E-state index contributed by atoms with van der Waals surface area (Å²) in [6.07, 6.45) is 0. The van der Waals surface area contributed by atoms with Crippen LogP contribution >= 0.6 is 12.4 Å². The first-order chi connectivity index (χ1) is 0. The summed E-state index contributed by atoms with van der Waals surface area (Å²) in [4.78, 5) is 0. The number of rotatable bonds is 0. The van der Waals surface area contributed by atoms with Crippen LogP contribution in [0.1, 0.15) is 44.6 Å². The third kappa shape index (κ3) is 181. The van der Waals surface area contributed by atoms with Crippen LogP contribution in [0.15, 0.2) is 0 Å². The molecule has 64 valence electrons. The molecule has 9 heavy (non-hydrogen) atoms. The largest absolute Gasteiger partial charge is 0.316 e. The Morgan fingerprint density at radius 1 is 0.333 bits per heavy atom. The van der Waals surface area contributed by atoms with Crippen molar-refractivity contribution in [1.82, 2.24) is 0 Å². The Morgan fingerprint density at radius 3 is 0.333 bits per heavy atom. The van der Waals surface area contributed by atoms with Crippen LogP contribution in [-0.2, 0) is 0 Å². The van der Waals surface area contributed by atoms with E-state index in [1.807, 2.05) is 0 Å². The molecule has 0 aliphatic carbocycles. The Kier molecular flexibility index (Phi) is 8040. The highest BCUT2D eigenvalue weighted by molar-refractivity contribution is 5.85. The van der Waals surface area contributed by atoms with Crippen molar-refractivity contribution < 1.29 is 0 Å². The lowest BCUT2D eigenvalue weighted by molar-refractivity contribution is 2.50. The van der Waals surface area contributed by atoms with Crippen molar-refractivity contribution in [1.29, 1.82) is 0 Å². The summed E-state index contributed by atoms with van der Waals surface area (Å²) in [7, 11) is 0. The van der Waals surface area contributed by atoms with Gasteiger partial charge in [0.1, 0.15) is 0 Å². The van der Waals surface area contributed by atoms with Crippen LogP contribution in [0.5, 0.6) is 0 Å². The fourth-order valence-corrected chi connectivity index (χ4v) is 0. The molecule has 0 aromatic carbocycles. The van der Waals surface area contributed by atoms with Gasteiger partial charge in [0.2, 0.25) is 0 Å². The van der Waals surface area contributed by atoms with E-state index in [0.717, 1.165) is 0 Å². The molecule has 0 aliphatic heterocycles. The number of halogens is 1. The first kappa shape index (κ1) is 314. The average molecular weight is 185 g/mol. The van der Waals surface area contributed by atoms with Gasteiger partial charge < -0.3 is 0 Å². The van der Waals surface area contributed by atoms with E-state index in [0.29, 0.717) is 0 Å². The molecule has 0 heterocycles. The summed E-state index contributed by atoms with van der Waals surface area (Å²) in [5.41, 5.74) is 0. The van der Waals surface area contributed by atoms with Gasteiger partial charge in [0.05, 0.1) is 0 Å². The third-order valence-corrected chi connectivity index (χ3v) is 0. The Bertz CT molecular complexity index is 11.0. The molecular formula is C6H29ClMg2. The summed E-state index contributed by atoms with van der Waals surface area (Å²) < 4.78 is 0. The van der Waals surface area contributed by atoms with Gasteiger partial charge in [-0.3, -0.25) is 0 Å². The SMILES string of the molecule is C.C.C.C.C.C.Cl.[MgH2].[MgH2]. The molecule has 0 bridgehead atoms. The fraction of sp³-hybridized carbons (Fsp3) is 1.00.